The van der Waals surface area contributed by atoms with Crippen molar-refractivity contribution >= 4 is 87.1 Å². The largest absolute Gasteiger partial charge is 0.143 e. The van der Waals surface area contributed by atoms with E-state index in [0.29, 0.717) is 0 Å². The standard InChI is InChI=1S/C28H18S4/c1-15-5-25(29-13-15)27-9-19-7-17-3-4-18-8-20-10-28(26-6-16(2)14-30-26)32-24(20)12-22(18)21(17)11-23(19)31-27/h3-14H,1-2H3. The number of aryl methyl sites for hydroxylation is 2. The van der Waals surface area contributed by atoms with Crippen molar-refractivity contribution in [3.63, 3.8) is 0 Å². The molecular formula is C28H18S4. The molecule has 4 heteroatoms. The van der Waals surface area contributed by atoms with Crippen LogP contribution in [-0.2, 0) is 0 Å². The van der Waals surface area contributed by atoms with Crippen LogP contribution in [0.5, 0.6) is 0 Å². The van der Waals surface area contributed by atoms with Gasteiger partial charge in [0.15, 0.2) is 0 Å². The summed E-state index contributed by atoms with van der Waals surface area (Å²) in [6, 6.07) is 23.4. The van der Waals surface area contributed by atoms with Gasteiger partial charge in [-0.05, 0) is 117 Å². The van der Waals surface area contributed by atoms with Crippen LogP contribution in [-0.4, -0.2) is 0 Å². The van der Waals surface area contributed by atoms with Crippen LogP contribution in [0.25, 0.3) is 61.2 Å². The lowest BCUT2D eigenvalue weighted by atomic mass is 10.00. The minimum Gasteiger partial charge on any atom is -0.143 e. The molecule has 0 nitrogen and oxygen atoms in total. The van der Waals surface area contributed by atoms with Gasteiger partial charge in [-0.15, -0.1) is 45.3 Å². The second-order valence-corrected chi connectivity index (χ2v) is 12.5. The van der Waals surface area contributed by atoms with Gasteiger partial charge in [0, 0.05) is 28.9 Å². The third kappa shape index (κ3) is 2.98. The van der Waals surface area contributed by atoms with Crippen molar-refractivity contribution in [2.24, 2.45) is 0 Å². The molecule has 0 aliphatic rings. The van der Waals surface area contributed by atoms with Crippen LogP contribution in [0.4, 0.5) is 0 Å². The summed E-state index contributed by atoms with van der Waals surface area (Å²) in [6.07, 6.45) is 0. The third-order valence-electron chi connectivity index (χ3n) is 6.06. The quantitative estimate of drug-likeness (QED) is 0.215. The summed E-state index contributed by atoms with van der Waals surface area (Å²) in [5.74, 6) is 0. The molecule has 4 heterocycles. The van der Waals surface area contributed by atoms with Crippen molar-refractivity contribution in [2.45, 2.75) is 13.8 Å². The maximum Gasteiger partial charge on any atom is 0.0455 e. The Labute approximate surface area is 202 Å². The molecule has 0 N–H and O–H groups in total. The number of hydrogen-bond acceptors (Lipinski definition) is 4. The third-order valence-corrected chi connectivity index (χ3v) is 10.7. The molecule has 0 unspecified atom stereocenters. The topological polar surface area (TPSA) is 0 Å². The second-order valence-electron chi connectivity index (χ2n) is 8.49. The van der Waals surface area contributed by atoms with Gasteiger partial charge in [0.25, 0.3) is 0 Å². The van der Waals surface area contributed by atoms with Gasteiger partial charge in [-0.3, -0.25) is 0 Å². The predicted octanol–water partition coefficient (Wildman–Crippen LogP) is 10.5. The molecule has 0 bridgehead atoms. The Bertz CT molecular complexity index is 1670. The Kier molecular flexibility index (Phi) is 4.16. The molecule has 32 heavy (non-hydrogen) atoms. The van der Waals surface area contributed by atoms with Crippen molar-refractivity contribution in [1.29, 1.82) is 0 Å². The van der Waals surface area contributed by atoms with E-state index < -0.39 is 0 Å². The van der Waals surface area contributed by atoms with Crippen LogP contribution in [0.3, 0.4) is 0 Å². The Hall–Kier alpha value is -2.50. The summed E-state index contributed by atoms with van der Waals surface area (Å²) in [5.41, 5.74) is 2.69. The van der Waals surface area contributed by atoms with Crippen LogP contribution in [0.2, 0.25) is 0 Å². The first kappa shape index (κ1) is 19.0. The van der Waals surface area contributed by atoms with Crippen molar-refractivity contribution in [3.8, 4) is 19.5 Å². The van der Waals surface area contributed by atoms with Gasteiger partial charge < -0.3 is 0 Å². The highest BCUT2D eigenvalue weighted by Gasteiger charge is 2.12. The van der Waals surface area contributed by atoms with Crippen molar-refractivity contribution in [1.82, 2.24) is 0 Å². The zero-order chi connectivity index (χ0) is 21.4. The average molecular weight is 483 g/mol. The SMILES string of the molecule is Cc1csc(-c2cc3cc4ccc5cc6cc(-c7cc(C)cs7)sc6cc5c4cc3s2)c1. The fraction of sp³-hybridized carbons (Fsp3) is 0.0714. The molecule has 4 aromatic heterocycles. The first-order valence-electron chi connectivity index (χ1n) is 10.6. The number of benzene rings is 3. The highest BCUT2D eigenvalue weighted by Crippen LogP contribution is 2.42. The molecule has 0 spiro atoms. The van der Waals surface area contributed by atoms with Gasteiger partial charge in [0.1, 0.15) is 0 Å². The molecular weight excluding hydrogens is 465 g/mol. The van der Waals surface area contributed by atoms with E-state index in [1.807, 2.05) is 45.3 Å². The highest BCUT2D eigenvalue weighted by molar-refractivity contribution is 7.26. The smallest absolute Gasteiger partial charge is 0.0455 e. The molecule has 0 aliphatic carbocycles. The van der Waals surface area contributed by atoms with E-state index in [4.69, 9.17) is 0 Å². The van der Waals surface area contributed by atoms with Gasteiger partial charge in [-0.2, -0.15) is 0 Å². The maximum atomic E-state index is 2.41. The van der Waals surface area contributed by atoms with Crippen molar-refractivity contribution in [3.05, 3.63) is 82.6 Å². The minimum absolute atomic E-state index is 1.32. The zero-order valence-electron chi connectivity index (χ0n) is 17.6. The fourth-order valence-corrected chi connectivity index (χ4v) is 8.64. The Morgan fingerprint density at radius 3 is 1.34 bits per heavy atom. The first-order chi connectivity index (χ1) is 15.6. The highest BCUT2D eigenvalue weighted by atomic mass is 32.1. The molecule has 154 valence electrons. The zero-order valence-corrected chi connectivity index (χ0v) is 20.8. The Balaban J connectivity index is 1.44. The van der Waals surface area contributed by atoms with E-state index in [-0.39, 0.29) is 0 Å². The average Bonchev–Trinajstić information content (AvgIpc) is 3.56. The number of rotatable bonds is 2. The Morgan fingerprint density at radius 2 is 0.938 bits per heavy atom. The van der Waals surface area contributed by atoms with Gasteiger partial charge in [-0.25, -0.2) is 0 Å². The van der Waals surface area contributed by atoms with E-state index in [1.54, 1.807) is 0 Å². The Morgan fingerprint density at radius 1 is 0.469 bits per heavy atom. The molecule has 0 saturated carbocycles. The lowest BCUT2D eigenvalue weighted by Crippen LogP contribution is -1.78. The van der Waals surface area contributed by atoms with Crippen LogP contribution < -0.4 is 0 Å². The van der Waals surface area contributed by atoms with Crippen LogP contribution in [0, 0.1) is 13.8 Å². The van der Waals surface area contributed by atoms with E-state index >= 15 is 0 Å². The van der Waals surface area contributed by atoms with E-state index in [0.717, 1.165) is 0 Å². The molecule has 3 aromatic carbocycles. The predicted molar refractivity (Wildman–Crippen MR) is 148 cm³/mol. The molecule has 0 aliphatic heterocycles. The lowest BCUT2D eigenvalue weighted by molar-refractivity contribution is 1.56. The molecule has 0 radical (unpaired) electrons. The molecule has 7 aromatic rings. The van der Waals surface area contributed by atoms with Crippen LogP contribution >= 0.6 is 45.3 Å². The second kappa shape index (κ2) is 7.00. The lowest BCUT2D eigenvalue weighted by Gasteiger charge is -2.05. The molecule has 7 rings (SSSR count). The van der Waals surface area contributed by atoms with E-state index in [9.17, 15) is 0 Å². The molecule has 0 atom stereocenters. The van der Waals surface area contributed by atoms with Crippen LogP contribution in [0.1, 0.15) is 11.1 Å². The normalized spacial score (nSPS) is 12.1. The van der Waals surface area contributed by atoms with Crippen molar-refractivity contribution < 1.29 is 0 Å². The summed E-state index contributed by atoms with van der Waals surface area (Å²) in [5, 5.41) is 12.5. The maximum absolute atomic E-state index is 2.41. The number of thiophene rings is 4. The monoisotopic (exact) mass is 482 g/mol. The summed E-state index contributed by atoms with van der Waals surface area (Å²) >= 11 is 7.50. The molecule has 0 amide bonds. The number of hydrogen-bond donors (Lipinski definition) is 0. The van der Waals surface area contributed by atoms with Gasteiger partial charge in [0.05, 0.1) is 0 Å². The summed E-state index contributed by atoms with van der Waals surface area (Å²) in [4.78, 5) is 5.48. The number of fused-ring (bicyclic) bond motifs is 5. The summed E-state index contributed by atoms with van der Waals surface area (Å²) in [7, 11) is 0. The van der Waals surface area contributed by atoms with Gasteiger partial charge in [-0.1, -0.05) is 12.1 Å². The van der Waals surface area contributed by atoms with Gasteiger partial charge in [0.2, 0.25) is 0 Å². The van der Waals surface area contributed by atoms with Gasteiger partial charge >= 0.3 is 0 Å². The molecule has 0 fully saturated rings. The van der Waals surface area contributed by atoms with E-state index in [2.05, 4.69) is 85.3 Å². The van der Waals surface area contributed by atoms with Crippen LogP contribution in [0.15, 0.2) is 71.4 Å². The summed E-state index contributed by atoms with van der Waals surface area (Å²) in [6.45, 7) is 4.34. The minimum atomic E-state index is 1.32. The van der Waals surface area contributed by atoms with E-state index in [1.165, 1.54) is 72.4 Å². The first-order valence-corrected chi connectivity index (χ1v) is 13.9. The molecule has 0 saturated heterocycles. The summed E-state index contributed by atoms with van der Waals surface area (Å²) < 4.78 is 2.74. The van der Waals surface area contributed by atoms with Crippen molar-refractivity contribution in [2.75, 3.05) is 0 Å². The fourth-order valence-electron chi connectivity index (χ4n) is 4.49.